The number of Topliss-reactive ketones (excluding diaryl/α,β-unsaturated/α-hetero) is 1. The highest BCUT2D eigenvalue weighted by Crippen LogP contribution is 2.45. The molecule has 4 amide bonds. The molecule has 1 aromatic carbocycles. The molecule has 37 heavy (non-hydrogen) atoms. The minimum Gasteiger partial charge on any atom is -0.316 e. The summed E-state index contributed by atoms with van der Waals surface area (Å²) in [4.78, 5) is 56.8. The van der Waals surface area contributed by atoms with E-state index in [-0.39, 0.29) is 52.3 Å². The maximum atomic E-state index is 13.5. The molecular weight excluding hydrogens is 493 g/mol. The normalized spacial score (nSPS) is 17.6. The fourth-order valence-electron chi connectivity index (χ4n) is 4.45. The summed E-state index contributed by atoms with van der Waals surface area (Å²) >= 11 is 0. The van der Waals surface area contributed by atoms with Crippen molar-refractivity contribution < 1.29 is 32.3 Å². The van der Waals surface area contributed by atoms with Gasteiger partial charge in [0.2, 0.25) is 5.91 Å². The number of hydrogen-bond acceptors (Lipinski definition) is 7. The number of ketones is 1. The Labute approximate surface area is 208 Å². The van der Waals surface area contributed by atoms with Gasteiger partial charge in [-0.1, -0.05) is 6.07 Å². The number of carbonyl (C=O) groups excluding carboxylic acids is 4. The van der Waals surface area contributed by atoms with E-state index < -0.39 is 35.8 Å². The molecule has 0 bridgehead atoms. The summed E-state index contributed by atoms with van der Waals surface area (Å²) < 4.78 is 39.9. The first-order chi connectivity index (χ1) is 17.4. The monoisotopic (exact) mass is 512 g/mol. The van der Waals surface area contributed by atoms with Crippen LogP contribution in [-0.4, -0.2) is 45.6 Å². The van der Waals surface area contributed by atoms with E-state index in [0.717, 1.165) is 29.0 Å². The number of likely N-dealkylation sites (N-methyl/N-ethyl adjacent to an activating group) is 1. The van der Waals surface area contributed by atoms with E-state index >= 15 is 0 Å². The van der Waals surface area contributed by atoms with Gasteiger partial charge in [-0.05, 0) is 36.2 Å². The van der Waals surface area contributed by atoms with Gasteiger partial charge < -0.3 is 4.90 Å². The van der Waals surface area contributed by atoms with Gasteiger partial charge in [-0.2, -0.15) is 18.4 Å². The molecule has 2 heterocycles. The Morgan fingerprint density at radius 2 is 1.89 bits per heavy atom. The number of hydrogen-bond donors (Lipinski definition) is 1. The van der Waals surface area contributed by atoms with Crippen molar-refractivity contribution >= 4 is 29.3 Å². The van der Waals surface area contributed by atoms with E-state index in [1.807, 2.05) is 6.07 Å². The molecule has 0 saturated carbocycles. The molecule has 1 atom stereocenters. The van der Waals surface area contributed by atoms with Crippen molar-refractivity contribution in [1.82, 2.24) is 14.9 Å². The minimum atomic E-state index is -4.76. The predicted octanol–water partition coefficient (Wildman–Crippen LogP) is 3.06. The Balaban J connectivity index is 1.92. The molecule has 4 rings (SSSR count). The molecule has 1 aliphatic carbocycles. The fourth-order valence-corrected chi connectivity index (χ4v) is 4.45. The van der Waals surface area contributed by atoms with Gasteiger partial charge in [0.15, 0.2) is 5.78 Å². The zero-order valence-corrected chi connectivity index (χ0v) is 19.5. The predicted molar refractivity (Wildman–Crippen MR) is 121 cm³/mol. The van der Waals surface area contributed by atoms with Gasteiger partial charge in [0, 0.05) is 43.4 Å². The number of urea groups is 1. The lowest BCUT2D eigenvalue weighted by atomic mass is 9.89. The summed E-state index contributed by atoms with van der Waals surface area (Å²) in [6, 6.07) is 5.91. The third kappa shape index (κ3) is 4.31. The maximum Gasteiger partial charge on any atom is 0.433 e. The summed E-state index contributed by atoms with van der Waals surface area (Å²) in [6.45, 7) is 1.06. The van der Waals surface area contributed by atoms with Crippen LogP contribution in [0.25, 0.3) is 0 Å². The lowest BCUT2D eigenvalue weighted by molar-refractivity contribution is -0.141. The van der Waals surface area contributed by atoms with Crippen LogP contribution in [0.15, 0.2) is 47.8 Å². The van der Waals surface area contributed by atoms with Gasteiger partial charge in [0.1, 0.15) is 5.69 Å². The third-order valence-corrected chi connectivity index (χ3v) is 6.18. The van der Waals surface area contributed by atoms with Crippen molar-refractivity contribution in [1.29, 1.82) is 5.26 Å². The summed E-state index contributed by atoms with van der Waals surface area (Å²) in [5.41, 5.74) is -1.01. The molecule has 1 aromatic heterocycles. The van der Waals surface area contributed by atoms with Crippen LogP contribution in [0, 0.1) is 11.3 Å². The molecule has 2 aliphatic rings. The van der Waals surface area contributed by atoms with E-state index in [4.69, 9.17) is 5.84 Å². The van der Waals surface area contributed by atoms with Crippen molar-refractivity contribution in [3.63, 3.8) is 0 Å². The molecule has 190 valence electrons. The topological polar surface area (TPSA) is 141 Å². The SMILES string of the molecule is CC(=O)N(N)C(=O)c1cc(C#N)ccc1C1C2=C(CCC2=O)N(c2ccnc(C(F)(F)F)c2)C(=O)N1C. The number of nitrogens with two attached hydrogens (primary N) is 1. The second kappa shape index (κ2) is 9.14. The van der Waals surface area contributed by atoms with Crippen molar-refractivity contribution in [2.24, 2.45) is 5.84 Å². The van der Waals surface area contributed by atoms with Gasteiger partial charge in [-0.3, -0.25) is 24.3 Å². The number of allylic oxidation sites excluding steroid dienone is 1. The average Bonchev–Trinajstić information content (AvgIpc) is 3.23. The largest absolute Gasteiger partial charge is 0.433 e. The number of carbonyl (C=O) groups is 4. The number of rotatable bonds is 3. The standard InChI is InChI=1S/C24H19F3N6O4/c1-12(34)33(29)22(36)16-9-13(11-28)3-4-15(16)21-20-17(5-6-18(20)35)32(23(37)31(21)2)14-7-8-30-19(10-14)24(25,26)27/h3-4,7-10,21H,5-6,29H2,1-2H3. The van der Waals surface area contributed by atoms with Crippen LogP contribution in [0.2, 0.25) is 0 Å². The van der Waals surface area contributed by atoms with Crippen LogP contribution < -0.4 is 10.7 Å². The van der Waals surface area contributed by atoms with Crippen LogP contribution in [0.4, 0.5) is 23.7 Å². The summed E-state index contributed by atoms with van der Waals surface area (Å²) in [5, 5.41) is 9.67. The number of aromatic nitrogens is 1. The highest BCUT2D eigenvalue weighted by molar-refractivity contribution is 6.09. The van der Waals surface area contributed by atoms with Crippen LogP contribution in [0.3, 0.4) is 0 Å². The molecule has 0 saturated heterocycles. The van der Waals surface area contributed by atoms with Crippen LogP contribution in [-0.2, 0) is 15.8 Å². The molecule has 2 N–H and O–H groups in total. The Morgan fingerprint density at radius 3 is 2.51 bits per heavy atom. The smallest absolute Gasteiger partial charge is 0.316 e. The Kier molecular flexibility index (Phi) is 6.30. The van der Waals surface area contributed by atoms with E-state index in [9.17, 15) is 37.6 Å². The van der Waals surface area contributed by atoms with E-state index in [1.54, 1.807) is 0 Å². The number of hydrazine groups is 1. The van der Waals surface area contributed by atoms with Gasteiger partial charge in [-0.25, -0.2) is 15.6 Å². The molecule has 1 aliphatic heterocycles. The Morgan fingerprint density at radius 1 is 1.19 bits per heavy atom. The summed E-state index contributed by atoms with van der Waals surface area (Å²) in [6.07, 6.45) is -3.77. The Hall–Kier alpha value is -4.57. The van der Waals surface area contributed by atoms with Gasteiger partial charge in [0.25, 0.3) is 5.91 Å². The third-order valence-electron chi connectivity index (χ3n) is 6.18. The van der Waals surface area contributed by atoms with Gasteiger partial charge >= 0.3 is 12.2 Å². The molecular formula is C24H19F3N6O4. The number of anilines is 1. The molecule has 0 spiro atoms. The summed E-state index contributed by atoms with van der Waals surface area (Å²) in [5.74, 6) is 3.50. The van der Waals surface area contributed by atoms with Gasteiger partial charge in [0.05, 0.1) is 23.4 Å². The van der Waals surface area contributed by atoms with E-state index in [0.29, 0.717) is 5.01 Å². The van der Waals surface area contributed by atoms with Crippen molar-refractivity contribution in [2.75, 3.05) is 11.9 Å². The maximum absolute atomic E-state index is 13.5. The molecule has 13 heteroatoms. The molecule has 0 fully saturated rings. The zero-order chi connectivity index (χ0) is 27.2. The van der Waals surface area contributed by atoms with E-state index in [2.05, 4.69) is 4.98 Å². The number of imide groups is 1. The lowest BCUT2D eigenvalue weighted by Crippen LogP contribution is -2.49. The average molecular weight is 512 g/mol. The fraction of sp³-hybridized carbons (Fsp3) is 0.250. The second-order valence-electron chi connectivity index (χ2n) is 8.42. The number of alkyl halides is 3. The minimum absolute atomic E-state index is 0.00792. The highest BCUT2D eigenvalue weighted by atomic mass is 19.4. The number of nitriles is 1. The van der Waals surface area contributed by atoms with Crippen LogP contribution in [0.5, 0.6) is 0 Å². The van der Waals surface area contributed by atoms with Crippen molar-refractivity contribution in [3.05, 3.63) is 70.2 Å². The molecule has 0 radical (unpaired) electrons. The van der Waals surface area contributed by atoms with Gasteiger partial charge in [-0.15, -0.1) is 0 Å². The lowest BCUT2D eigenvalue weighted by Gasteiger charge is -2.41. The van der Waals surface area contributed by atoms with Crippen molar-refractivity contribution in [3.8, 4) is 6.07 Å². The second-order valence-corrected chi connectivity index (χ2v) is 8.42. The highest BCUT2D eigenvalue weighted by Gasteiger charge is 2.46. The molecule has 1 unspecified atom stereocenters. The van der Waals surface area contributed by atoms with Crippen LogP contribution in [0.1, 0.15) is 53.0 Å². The van der Waals surface area contributed by atoms with Crippen LogP contribution >= 0.6 is 0 Å². The quantitative estimate of drug-likeness (QED) is 0.379. The van der Waals surface area contributed by atoms with Crippen molar-refractivity contribution in [2.45, 2.75) is 32.0 Å². The number of amides is 4. The van der Waals surface area contributed by atoms with E-state index in [1.165, 1.54) is 31.3 Å². The Bertz CT molecular complexity index is 1430. The summed E-state index contributed by atoms with van der Waals surface area (Å²) in [7, 11) is 1.33. The zero-order valence-electron chi connectivity index (χ0n) is 19.5. The number of pyridine rings is 1. The molecule has 2 aromatic rings. The number of halogens is 3. The first kappa shape index (κ1) is 25.5. The molecule has 10 nitrogen and oxygen atoms in total. The number of nitrogens with zero attached hydrogens (tertiary/aromatic N) is 5. The first-order valence-corrected chi connectivity index (χ1v) is 10.9. The first-order valence-electron chi connectivity index (χ1n) is 10.9. The number of benzene rings is 1.